The van der Waals surface area contributed by atoms with Gasteiger partial charge in [0.25, 0.3) is 0 Å². The van der Waals surface area contributed by atoms with Crippen LogP contribution in [-0.4, -0.2) is 31.7 Å². The molecule has 0 spiro atoms. The molecule has 0 aliphatic heterocycles. The number of hydrogen-bond acceptors (Lipinski definition) is 3. The number of nitrogens with one attached hydrogen (secondary N) is 1. The van der Waals surface area contributed by atoms with Gasteiger partial charge in [-0.15, -0.1) is 0 Å². The average molecular weight is 276 g/mol. The smallest absolute Gasteiger partial charge is 0.229 e. The molecule has 4 heteroatoms. The van der Waals surface area contributed by atoms with Gasteiger partial charge in [-0.25, -0.2) is 0 Å². The van der Waals surface area contributed by atoms with Crippen LogP contribution in [0.15, 0.2) is 30.3 Å². The van der Waals surface area contributed by atoms with E-state index in [4.69, 9.17) is 10.5 Å². The third-order valence-electron chi connectivity index (χ3n) is 4.53. The molecule has 3 N–H and O–H groups in total. The lowest BCUT2D eigenvalue weighted by atomic mass is 9.64. The van der Waals surface area contributed by atoms with Crippen LogP contribution in [-0.2, 0) is 9.53 Å². The number of nitrogens with two attached hydrogens (primary N) is 1. The summed E-state index contributed by atoms with van der Waals surface area (Å²) in [7, 11) is 1.72. The van der Waals surface area contributed by atoms with Crippen molar-refractivity contribution in [2.75, 3.05) is 13.7 Å². The highest BCUT2D eigenvalue weighted by Crippen LogP contribution is 2.42. The van der Waals surface area contributed by atoms with Crippen LogP contribution in [0.5, 0.6) is 0 Å². The summed E-state index contributed by atoms with van der Waals surface area (Å²) >= 11 is 0. The summed E-state index contributed by atoms with van der Waals surface area (Å²) in [5.74, 6) is -0.278. The first-order valence-electron chi connectivity index (χ1n) is 7.09. The number of ether oxygens (including phenoxy) is 1. The lowest BCUT2D eigenvalue weighted by molar-refractivity contribution is -0.133. The van der Waals surface area contributed by atoms with E-state index in [2.05, 4.69) is 19.2 Å². The Morgan fingerprint density at radius 2 is 2.10 bits per heavy atom. The summed E-state index contributed by atoms with van der Waals surface area (Å²) < 4.78 is 5.41. The van der Waals surface area contributed by atoms with E-state index in [1.54, 1.807) is 7.11 Å². The van der Waals surface area contributed by atoms with Gasteiger partial charge in [0, 0.05) is 25.1 Å². The van der Waals surface area contributed by atoms with E-state index in [0.29, 0.717) is 6.54 Å². The lowest BCUT2D eigenvalue weighted by Gasteiger charge is -2.51. The summed E-state index contributed by atoms with van der Waals surface area (Å²) in [5, 5.41) is 3.12. The predicted molar refractivity (Wildman–Crippen MR) is 79.4 cm³/mol. The van der Waals surface area contributed by atoms with E-state index >= 15 is 0 Å². The minimum absolute atomic E-state index is 0.00586. The van der Waals surface area contributed by atoms with Crippen LogP contribution in [0.1, 0.15) is 31.7 Å². The highest BCUT2D eigenvalue weighted by Gasteiger charge is 2.49. The molecule has 1 saturated carbocycles. The standard InChI is InChI=1S/C16H24N2O2/c1-16(2)13(9-14(16)20-3)18-15(19)12(10-17)11-7-5-4-6-8-11/h4-8,12-14H,9-10,17H2,1-3H3,(H,18,19). The van der Waals surface area contributed by atoms with E-state index in [0.717, 1.165) is 12.0 Å². The Bertz CT molecular complexity index is 459. The van der Waals surface area contributed by atoms with Gasteiger partial charge in [-0.1, -0.05) is 44.2 Å². The first kappa shape index (κ1) is 15.0. The molecule has 20 heavy (non-hydrogen) atoms. The van der Waals surface area contributed by atoms with Crippen LogP contribution in [0.2, 0.25) is 0 Å². The fourth-order valence-electron chi connectivity index (χ4n) is 2.88. The zero-order chi connectivity index (χ0) is 14.8. The average Bonchev–Trinajstić information content (AvgIpc) is 2.45. The predicted octanol–water partition coefficient (Wildman–Crippen LogP) is 1.66. The van der Waals surface area contributed by atoms with E-state index in [-0.39, 0.29) is 29.4 Å². The molecule has 1 aliphatic carbocycles. The van der Waals surface area contributed by atoms with Crippen molar-refractivity contribution in [3.63, 3.8) is 0 Å². The molecule has 0 aromatic heterocycles. The van der Waals surface area contributed by atoms with E-state index in [1.165, 1.54) is 0 Å². The van der Waals surface area contributed by atoms with Gasteiger partial charge in [-0.05, 0) is 12.0 Å². The Labute approximate surface area is 120 Å². The largest absolute Gasteiger partial charge is 0.381 e. The van der Waals surface area contributed by atoms with Gasteiger partial charge in [-0.3, -0.25) is 4.79 Å². The molecule has 110 valence electrons. The molecule has 0 radical (unpaired) electrons. The van der Waals surface area contributed by atoms with Gasteiger partial charge in [0.1, 0.15) is 0 Å². The third-order valence-corrected chi connectivity index (χ3v) is 4.53. The number of carbonyl (C=O) groups is 1. The van der Waals surface area contributed by atoms with E-state index < -0.39 is 0 Å². The molecule has 2 rings (SSSR count). The lowest BCUT2D eigenvalue weighted by Crippen LogP contribution is -2.62. The van der Waals surface area contributed by atoms with Crippen LogP contribution in [0, 0.1) is 5.41 Å². The van der Waals surface area contributed by atoms with Crippen LogP contribution >= 0.6 is 0 Å². The molecular weight excluding hydrogens is 252 g/mol. The van der Waals surface area contributed by atoms with Crippen molar-refractivity contribution in [3.8, 4) is 0 Å². The highest BCUT2D eigenvalue weighted by atomic mass is 16.5. The van der Waals surface area contributed by atoms with Crippen molar-refractivity contribution in [1.29, 1.82) is 0 Å². The Balaban J connectivity index is 2.01. The minimum atomic E-state index is -0.284. The molecule has 1 aliphatic rings. The first-order chi connectivity index (χ1) is 9.50. The number of carbonyl (C=O) groups excluding carboxylic acids is 1. The van der Waals surface area contributed by atoms with Crippen molar-refractivity contribution in [2.24, 2.45) is 11.1 Å². The highest BCUT2D eigenvalue weighted by molar-refractivity contribution is 5.84. The maximum Gasteiger partial charge on any atom is 0.229 e. The van der Waals surface area contributed by atoms with Crippen molar-refractivity contribution >= 4 is 5.91 Å². The SMILES string of the molecule is COC1CC(NC(=O)C(CN)c2ccccc2)C1(C)C. The molecule has 1 aromatic carbocycles. The second-order valence-electron chi connectivity index (χ2n) is 6.04. The summed E-state index contributed by atoms with van der Waals surface area (Å²) in [5.41, 5.74) is 6.71. The summed E-state index contributed by atoms with van der Waals surface area (Å²) in [6.45, 7) is 4.56. The van der Waals surface area contributed by atoms with Crippen molar-refractivity contribution in [3.05, 3.63) is 35.9 Å². The molecule has 0 saturated heterocycles. The summed E-state index contributed by atoms with van der Waals surface area (Å²) in [6, 6.07) is 9.84. The monoisotopic (exact) mass is 276 g/mol. The fraction of sp³-hybridized carbons (Fsp3) is 0.562. The Kier molecular flexibility index (Phi) is 4.45. The minimum Gasteiger partial charge on any atom is -0.381 e. The number of benzene rings is 1. The van der Waals surface area contributed by atoms with E-state index in [9.17, 15) is 4.79 Å². The van der Waals surface area contributed by atoms with Crippen LogP contribution < -0.4 is 11.1 Å². The topological polar surface area (TPSA) is 64.3 Å². The van der Waals surface area contributed by atoms with Gasteiger partial charge in [0.2, 0.25) is 5.91 Å². The summed E-state index contributed by atoms with van der Waals surface area (Å²) in [4.78, 5) is 12.4. The number of amides is 1. The second-order valence-corrected chi connectivity index (χ2v) is 6.04. The van der Waals surface area contributed by atoms with E-state index in [1.807, 2.05) is 30.3 Å². The Hall–Kier alpha value is -1.39. The molecule has 0 heterocycles. The quantitative estimate of drug-likeness (QED) is 0.859. The van der Waals surface area contributed by atoms with Crippen molar-refractivity contribution in [1.82, 2.24) is 5.32 Å². The zero-order valence-corrected chi connectivity index (χ0v) is 12.4. The molecule has 3 unspecified atom stereocenters. The van der Waals surface area contributed by atoms with Crippen molar-refractivity contribution < 1.29 is 9.53 Å². The van der Waals surface area contributed by atoms with Gasteiger partial charge >= 0.3 is 0 Å². The maximum absolute atomic E-state index is 12.4. The van der Waals surface area contributed by atoms with Crippen LogP contribution in [0.25, 0.3) is 0 Å². The Morgan fingerprint density at radius 1 is 1.45 bits per heavy atom. The molecule has 1 amide bonds. The normalized spacial score (nSPS) is 25.6. The van der Waals surface area contributed by atoms with Gasteiger partial charge in [0.15, 0.2) is 0 Å². The molecule has 1 fully saturated rings. The van der Waals surface area contributed by atoms with Gasteiger partial charge < -0.3 is 15.8 Å². The molecule has 3 atom stereocenters. The fourth-order valence-corrected chi connectivity index (χ4v) is 2.88. The first-order valence-corrected chi connectivity index (χ1v) is 7.09. The zero-order valence-electron chi connectivity index (χ0n) is 12.4. The molecule has 4 nitrogen and oxygen atoms in total. The number of rotatable bonds is 5. The summed E-state index contributed by atoms with van der Waals surface area (Å²) in [6.07, 6.45) is 1.07. The van der Waals surface area contributed by atoms with Crippen LogP contribution in [0.3, 0.4) is 0 Å². The number of hydrogen-bond donors (Lipinski definition) is 2. The van der Waals surface area contributed by atoms with Gasteiger partial charge in [-0.2, -0.15) is 0 Å². The Morgan fingerprint density at radius 3 is 2.60 bits per heavy atom. The molecule has 1 aromatic rings. The molecule has 0 bridgehead atoms. The van der Waals surface area contributed by atoms with Crippen LogP contribution in [0.4, 0.5) is 0 Å². The van der Waals surface area contributed by atoms with Crippen molar-refractivity contribution in [2.45, 2.75) is 38.3 Å². The third kappa shape index (κ3) is 2.72. The van der Waals surface area contributed by atoms with Gasteiger partial charge in [0.05, 0.1) is 12.0 Å². The molecular formula is C16H24N2O2. The second kappa shape index (κ2) is 5.94. The maximum atomic E-state index is 12.4. The number of methoxy groups -OCH3 is 1.